The number of carbonyl (C=O) groups is 1. The Kier molecular flexibility index (Phi) is 4.35. The first-order valence-electron chi connectivity index (χ1n) is 6.88. The van der Waals surface area contributed by atoms with Gasteiger partial charge in [0.1, 0.15) is 0 Å². The van der Waals surface area contributed by atoms with Crippen LogP contribution in [-0.4, -0.2) is 15.3 Å². The van der Waals surface area contributed by atoms with E-state index in [9.17, 15) is 4.79 Å². The van der Waals surface area contributed by atoms with E-state index in [1.54, 1.807) is 6.20 Å². The number of nitrogens with zero attached hydrogens (tertiary/aromatic N) is 2. The standard InChI is InChI=1S/C14H22N2O/c1-2-10-16-11-9-15-14(16)13(17)12-7-5-3-4-6-8-12/h9,11-12H,2-8,10H2,1H3. The molecule has 0 aliphatic heterocycles. The van der Waals surface area contributed by atoms with Gasteiger partial charge in [0.25, 0.3) is 0 Å². The average molecular weight is 234 g/mol. The minimum Gasteiger partial charge on any atom is -0.329 e. The molecule has 0 bridgehead atoms. The van der Waals surface area contributed by atoms with Gasteiger partial charge in [0, 0.05) is 24.9 Å². The number of hydrogen-bond acceptors (Lipinski definition) is 2. The Morgan fingerprint density at radius 1 is 1.35 bits per heavy atom. The molecule has 0 saturated heterocycles. The fourth-order valence-corrected chi connectivity index (χ4v) is 2.68. The topological polar surface area (TPSA) is 34.9 Å². The van der Waals surface area contributed by atoms with Crippen LogP contribution >= 0.6 is 0 Å². The van der Waals surface area contributed by atoms with Crippen molar-refractivity contribution >= 4 is 5.78 Å². The van der Waals surface area contributed by atoms with Gasteiger partial charge in [0.15, 0.2) is 5.82 Å². The van der Waals surface area contributed by atoms with E-state index >= 15 is 0 Å². The number of hydrogen-bond donors (Lipinski definition) is 0. The third-order valence-electron chi connectivity index (χ3n) is 3.63. The molecule has 1 fully saturated rings. The summed E-state index contributed by atoms with van der Waals surface area (Å²) in [5, 5.41) is 0. The van der Waals surface area contributed by atoms with E-state index in [-0.39, 0.29) is 11.7 Å². The Morgan fingerprint density at radius 3 is 2.71 bits per heavy atom. The van der Waals surface area contributed by atoms with Crippen LogP contribution in [0.4, 0.5) is 0 Å². The highest BCUT2D eigenvalue weighted by molar-refractivity contribution is 5.94. The summed E-state index contributed by atoms with van der Waals surface area (Å²) in [5.74, 6) is 1.17. The molecule has 0 atom stereocenters. The third kappa shape index (κ3) is 2.96. The summed E-state index contributed by atoms with van der Waals surface area (Å²) < 4.78 is 2.01. The first-order valence-corrected chi connectivity index (χ1v) is 6.88. The van der Waals surface area contributed by atoms with Gasteiger partial charge in [0.2, 0.25) is 5.78 Å². The van der Waals surface area contributed by atoms with Gasteiger partial charge in [-0.25, -0.2) is 4.98 Å². The molecule has 1 aromatic heterocycles. The molecule has 1 aliphatic rings. The summed E-state index contributed by atoms with van der Waals surface area (Å²) in [4.78, 5) is 16.7. The lowest BCUT2D eigenvalue weighted by Crippen LogP contribution is -2.19. The van der Waals surface area contributed by atoms with Crippen LogP contribution in [0.15, 0.2) is 12.4 Å². The molecule has 3 nitrogen and oxygen atoms in total. The average Bonchev–Trinajstić information content (AvgIpc) is 2.63. The molecular formula is C14H22N2O. The largest absolute Gasteiger partial charge is 0.329 e. The minimum atomic E-state index is 0.218. The fourth-order valence-electron chi connectivity index (χ4n) is 2.68. The van der Waals surface area contributed by atoms with E-state index in [0.717, 1.165) is 25.8 Å². The van der Waals surface area contributed by atoms with E-state index in [0.29, 0.717) is 5.82 Å². The van der Waals surface area contributed by atoms with Crippen LogP contribution < -0.4 is 0 Å². The summed E-state index contributed by atoms with van der Waals surface area (Å²) in [7, 11) is 0. The molecule has 1 aliphatic carbocycles. The van der Waals surface area contributed by atoms with Crippen molar-refractivity contribution in [2.75, 3.05) is 0 Å². The number of aromatic nitrogens is 2. The normalized spacial score (nSPS) is 17.9. The van der Waals surface area contributed by atoms with Crippen molar-refractivity contribution in [2.45, 2.75) is 58.4 Å². The van der Waals surface area contributed by atoms with Crippen LogP contribution in [0.2, 0.25) is 0 Å². The smallest absolute Gasteiger partial charge is 0.201 e. The number of rotatable bonds is 4. The zero-order valence-corrected chi connectivity index (χ0v) is 10.7. The van der Waals surface area contributed by atoms with Gasteiger partial charge in [-0.3, -0.25) is 4.79 Å². The first-order chi connectivity index (χ1) is 8.33. The van der Waals surface area contributed by atoms with Crippen LogP contribution in [0.3, 0.4) is 0 Å². The highest BCUT2D eigenvalue weighted by atomic mass is 16.1. The van der Waals surface area contributed by atoms with Gasteiger partial charge in [-0.2, -0.15) is 0 Å². The monoisotopic (exact) mass is 234 g/mol. The molecule has 17 heavy (non-hydrogen) atoms. The van der Waals surface area contributed by atoms with Gasteiger partial charge in [0.05, 0.1) is 0 Å². The van der Waals surface area contributed by atoms with E-state index in [1.165, 1.54) is 25.7 Å². The highest BCUT2D eigenvalue weighted by Gasteiger charge is 2.24. The number of imidazole rings is 1. The Labute approximate surface area is 103 Å². The summed E-state index contributed by atoms with van der Waals surface area (Å²) in [6.07, 6.45) is 11.8. The molecule has 0 spiro atoms. The summed E-state index contributed by atoms with van der Waals surface area (Å²) in [5.41, 5.74) is 0. The molecule has 0 amide bonds. The van der Waals surface area contributed by atoms with Crippen LogP contribution in [0.25, 0.3) is 0 Å². The number of Topliss-reactive ketones (excluding diaryl/α,β-unsaturated/α-hetero) is 1. The van der Waals surface area contributed by atoms with Crippen LogP contribution in [0.1, 0.15) is 62.5 Å². The SMILES string of the molecule is CCCn1ccnc1C(=O)C1CCCCCC1. The Balaban J connectivity index is 2.09. The van der Waals surface area contributed by atoms with Gasteiger partial charge < -0.3 is 4.57 Å². The van der Waals surface area contributed by atoms with Crippen molar-refractivity contribution in [2.24, 2.45) is 5.92 Å². The van der Waals surface area contributed by atoms with Crippen molar-refractivity contribution in [1.82, 2.24) is 9.55 Å². The Morgan fingerprint density at radius 2 is 2.06 bits per heavy atom. The van der Waals surface area contributed by atoms with Crippen molar-refractivity contribution in [3.8, 4) is 0 Å². The maximum Gasteiger partial charge on any atom is 0.201 e. The first kappa shape index (κ1) is 12.3. The summed E-state index contributed by atoms with van der Waals surface area (Å²) in [6.45, 7) is 3.02. The Hall–Kier alpha value is -1.12. The number of carbonyl (C=O) groups excluding carboxylic acids is 1. The molecule has 1 aromatic rings. The van der Waals surface area contributed by atoms with Crippen molar-refractivity contribution in [3.05, 3.63) is 18.2 Å². The van der Waals surface area contributed by atoms with Crippen molar-refractivity contribution < 1.29 is 4.79 Å². The molecule has 0 aromatic carbocycles. The third-order valence-corrected chi connectivity index (χ3v) is 3.63. The predicted octanol–water partition coefficient (Wildman–Crippen LogP) is 3.45. The maximum absolute atomic E-state index is 12.4. The van der Waals surface area contributed by atoms with Crippen LogP contribution in [0.5, 0.6) is 0 Å². The zero-order chi connectivity index (χ0) is 12.1. The predicted molar refractivity (Wildman–Crippen MR) is 68.0 cm³/mol. The lowest BCUT2D eigenvalue weighted by molar-refractivity contribution is 0.0892. The number of ketones is 1. The van der Waals surface area contributed by atoms with Crippen LogP contribution in [-0.2, 0) is 6.54 Å². The van der Waals surface area contributed by atoms with Gasteiger partial charge in [-0.05, 0) is 19.3 Å². The van der Waals surface area contributed by atoms with Gasteiger partial charge in [-0.15, -0.1) is 0 Å². The molecule has 1 heterocycles. The van der Waals surface area contributed by atoms with Crippen molar-refractivity contribution in [1.29, 1.82) is 0 Å². The second-order valence-electron chi connectivity index (χ2n) is 5.00. The van der Waals surface area contributed by atoms with E-state index in [4.69, 9.17) is 0 Å². The molecule has 2 rings (SSSR count). The molecule has 0 N–H and O–H groups in total. The van der Waals surface area contributed by atoms with E-state index in [2.05, 4.69) is 11.9 Å². The van der Waals surface area contributed by atoms with Crippen molar-refractivity contribution in [3.63, 3.8) is 0 Å². The number of aryl methyl sites for hydroxylation is 1. The molecule has 0 unspecified atom stereocenters. The van der Waals surface area contributed by atoms with Crippen LogP contribution in [0, 0.1) is 5.92 Å². The molecule has 94 valence electrons. The highest BCUT2D eigenvalue weighted by Crippen LogP contribution is 2.25. The van der Waals surface area contributed by atoms with Gasteiger partial charge in [-0.1, -0.05) is 32.6 Å². The quantitative estimate of drug-likeness (QED) is 0.591. The minimum absolute atomic E-state index is 0.218. The molecule has 1 saturated carbocycles. The molecular weight excluding hydrogens is 212 g/mol. The summed E-state index contributed by atoms with van der Waals surface area (Å²) >= 11 is 0. The lowest BCUT2D eigenvalue weighted by atomic mass is 9.95. The summed E-state index contributed by atoms with van der Waals surface area (Å²) in [6, 6.07) is 0. The van der Waals surface area contributed by atoms with Gasteiger partial charge >= 0.3 is 0 Å². The second kappa shape index (κ2) is 5.99. The van der Waals surface area contributed by atoms with E-state index in [1.807, 2.05) is 10.8 Å². The fraction of sp³-hybridized carbons (Fsp3) is 0.714. The zero-order valence-electron chi connectivity index (χ0n) is 10.7. The van der Waals surface area contributed by atoms with E-state index < -0.39 is 0 Å². The Bertz CT molecular complexity index is 362. The molecule has 3 heteroatoms. The lowest BCUT2D eigenvalue weighted by Gasteiger charge is -2.13. The maximum atomic E-state index is 12.4. The molecule has 0 radical (unpaired) electrons. The second-order valence-corrected chi connectivity index (χ2v) is 5.00.